The first-order chi connectivity index (χ1) is 10.6. The molecule has 0 fully saturated rings. The Morgan fingerprint density at radius 2 is 1.54 bits per heavy atom. The van der Waals surface area contributed by atoms with Crippen LogP contribution in [0.5, 0.6) is 0 Å². The summed E-state index contributed by atoms with van der Waals surface area (Å²) in [5.41, 5.74) is 1.93. The van der Waals surface area contributed by atoms with Crippen molar-refractivity contribution in [2.75, 3.05) is 5.48 Å². The van der Waals surface area contributed by atoms with E-state index in [1.165, 1.54) is 0 Å². The van der Waals surface area contributed by atoms with E-state index < -0.39 is 23.9 Å². The van der Waals surface area contributed by atoms with Crippen LogP contribution in [-0.2, 0) is 9.63 Å². The van der Waals surface area contributed by atoms with Crippen LogP contribution in [0, 0.1) is 5.41 Å². The van der Waals surface area contributed by atoms with Gasteiger partial charge in [0.25, 0.3) is 8.41 Å². The molecule has 4 nitrogen and oxygen atoms in total. The van der Waals surface area contributed by atoms with Gasteiger partial charge >= 0.3 is 5.97 Å². The summed E-state index contributed by atoms with van der Waals surface area (Å²) >= 11 is 0. The van der Waals surface area contributed by atoms with Crippen LogP contribution in [0.4, 0.5) is 9.93 Å². The Morgan fingerprint density at radius 3 is 1.88 bits per heavy atom. The van der Waals surface area contributed by atoms with Crippen LogP contribution in [0.15, 0.2) is 18.3 Å². The van der Waals surface area contributed by atoms with Crippen LogP contribution in [0.1, 0.15) is 62.3 Å². The second-order valence-electron chi connectivity index (χ2n) is 9.33. The maximum atomic E-state index is 16.1. The number of hydrogen-bond acceptors (Lipinski definition) is 4. The number of carbonyl (C=O) groups excluding carboxylic acids is 1. The average molecular weight is 355 g/mol. The van der Waals surface area contributed by atoms with E-state index >= 15 is 4.11 Å². The van der Waals surface area contributed by atoms with E-state index in [1.54, 1.807) is 39.1 Å². The third-order valence-electron chi connectivity index (χ3n) is 4.09. The SMILES string of the molecule is CC(C)(C)C(=O)ONc1ccc([Si](F)(C(C)(C)C)C(C)(C)C)cn1. The molecule has 0 amide bonds. The molecule has 0 saturated carbocycles. The van der Waals surface area contributed by atoms with Crippen LogP contribution in [-0.4, -0.2) is 19.4 Å². The van der Waals surface area contributed by atoms with Crippen LogP contribution >= 0.6 is 0 Å². The Balaban J connectivity index is 3.03. The first-order valence-electron chi connectivity index (χ1n) is 8.23. The highest BCUT2D eigenvalue weighted by Gasteiger charge is 2.56. The molecule has 6 heteroatoms. The molecule has 136 valence electrons. The van der Waals surface area contributed by atoms with Gasteiger partial charge in [-0.2, -0.15) is 0 Å². The number of nitrogens with one attached hydrogen (secondary N) is 1. The van der Waals surface area contributed by atoms with Gasteiger partial charge in [-0.3, -0.25) is 0 Å². The summed E-state index contributed by atoms with van der Waals surface area (Å²) < 4.78 is 16.1. The van der Waals surface area contributed by atoms with Gasteiger partial charge in [-0.1, -0.05) is 47.6 Å². The van der Waals surface area contributed by atoms with Crippen LogP contribution < -0.4 is 10.7 Å². The molecule has 24 heavy (non-hydrogen) atoms. The molecule has 0 bridgehead atoms. The highest BCUT2D eigenvalue weighted by atomic mass is 28.4. The molecular formula is C18H31FN2O2Si. The number of anilines is 1. The number of pyridine rings is 1. The lowest BCUT2D eigenvalue weighted by molar-refractivity contribution is -0.149. The zero-order valence-corrected chi connectivity index (χ0v) is 17.4. The lowest BCUT2D eigenvalue weighted by atomic mass is 9.98. The monoisotopic (exact) mass is 354 g/mol. The number of hydrogen-bond donors (Lipinski definition) is 1. The van der Waals surface area contributed by atoms with E-state index in [1.807, 2.05) is 41.5 Å². The predicted octanol–water partition coefficient (Wildman–Crippen LogP) is 4.72. The second-order valence-corrected chi connectivity index (χ2v) is 14.2. The number of nitrogens with zero attached hydrogens (tertiary/aromatic N) is 1. The molecule has 0 saturated heterocycles. The first kappa shape index (κ1) is 20.6. The Morgan fingerprint density at radius 1 is 1.04 bits per heavy atom. The van der Waals surface area contributed by atoms with Gasteiger partial charge in [0.2, 0.25) is 0 Å². The van der Waals surface area contributed by atoms with E-state index in [0.29, 0.717) is 11.0 Å². The summed E-state index contributed by atoms with van der Waals surface area (Å²) in [7, 11) is -3.32. The van der Waals surface area contributed by atoms with Gasteiger partial charge < -0.3 is 8.95 Å². The standard InChI is InChI=1S/C18H31FN2O2Si/c1-16(2,3)15(22)23-21-14-11-10-13(12-20-14)24(19,17(4,5)6)18(7,8)9/h10-12H,1-9H3,(H,20,21). The van der Waals surface area contributed by atoms with Gasteiger partial charge in [0, 0.05) is 6.20 Å². The highest BCUT2D eigenvalue weighted by molar-refractivity contribution is 6.90. The van der Waals surface area contributed by atoms with Crippen LogP contribution in [0.3, 0.4) is 0 Å². The number of rotatable bonds is 3. The van der Waals surface area contributed by atoms with Crippen molar-refractivity contribution in [3.05, 3.63) is 18.3 Å². The molecule has 1 heterocycles. The molecule has 1 aromatic rings. The van der Waals surface area contributed by atoms with E-state index in [0.717, 1.165) is 0 Å². The quantitative estimate of drug-likeness (QED) is 0.485. The number of halogens is 1. The Kier molecular flexibility index (Phi) is 5.55. The van der Waals surface area contributed by atoms with Crippen molar-refractivity contribution in [1.29, 1.82) is 0 Å². The third kappa shape index (κ3) is 4.15. The van der Waals surface area contributed by atoms with Crippen molar-refractivity contribution >= 4 is 25.4 Å². The Hall–Kier alpha value is -1.43. The molecule has 1 rings (SSSR count). The molecule has 1 N–H and O–H groups in total. The maximum Gasteiger partial charge on any atom is 0.337 e. The van der Waals surface area contributed by atoms with E-state index in [4.69, 9.17) is 4.84 Å². The minimum Gasteiger partial charge on any atom is -0.341 e. The van der Waals surface area contributed by atoms with Gasteiger partial charge in [0.15, 0.2) is 5.82 Å². The summed E-state index contributed by atoms with van der Waals surface area (Å²) in [5.74, 6) is 0.00231. The normalized spacial score (nSPS) is 13.6. The average Bonchev–Trinajstić information content (AvgIpc) is 2.40. The van der Waals surface area contributed by atoms with Crippen LogP contribution in [0.25, 0.3) is 0 Å². The summed E-state index contributed by atoms with van der Waals surface area (Å²) in [5, 5.41) is -0.267. The van der Waals surface area contributed by atoms with Gasteiger partial charge in [-0.05, 0) is 42.1 Å². The molecule has 0 aromatic carbocycles. The fourth-order valence-electron chi connectivity index (χ4n) is 2.90. The zero-order chi connectivity index (χ0) is 19.0. The molecule has 0 spiro atoms. The summed E-state index contributed by atoms with van der Waals surface area (Å²) in [6.07, 6.45) is 1.57. The summed E-state index contributed by atoms with van der Waals surface area (Å²) in [4.78, 5) is 21.0. The minimum atomic E-state index is -3.32. The largest absolute Gasteiger partial charge is 0.341 e. The van der Waals surface area contributed by atoms with Gasteiger partial charge in [0.1, 0.15) is 0 Å². The Bertz CT molecular complexity index is 567. The van der Waals surface area contributed by atoms with E-state index in [2.05, 4.69) is 10.5 Å². The zero-order valence-electron chi connectivity index (χ0n) is 16.4. The second kappa shape index (κ2) is 6.46. The maximum absolute atomic E-state index is 16.1. The highest BCUT2D eigenvalue weighted by Crippen LogP contribution is 2.51. The molecule has 0 aliphatic rings. The fourth-order valence-corrected chi connectivity index (χ4v) is 7.44. The van der Waals surface area contributed by atoms with Crippen molar-refractivity contribution in [2.24, 2.45) is 5.41 Å². The van der Waals surface area contributed by atoms with Crippen molar-refractivity contribution in [2.45, 2.75) is 72.4 Å². The van der Waals surface area contributed by atoms with Gasteiger partial charge in [-0.25, -0.2) is 15.3 Å². The van der Waals surface area contributed by atoms with Gasteiger partial charge in [-0.15, -0.1) is 0 Å². The lowest BCUT2D eigenvalue weighted by Gasteiger charge is -2.44. The molecular weight excluding hydrogens is 323 g/mol. The van der Waals surface area contributed by atoms with E-state index in [9.17, 15) is 4.79 Å². The van der Waals surface area contributed by atoms with Crippen molar-refractivity contribution in [1.82, 2.24) is 4.98 Å². The third-order valence-corrected chi connectivity index (χ3v) is 9.31. The summed E-state index contributed by atoms with van der Waals surface area (Å²) in [6.45, 7) is 17.0. The molecule has 0 radical (unpaired) electrons. The molecule has 1 aromatic heterocycles. The smallest absolute Gasteiger partial charge is 0.337 e. The summed E-state index contributed by atoms with van der Waals surface area (Å²) in [6, 6.07) is 3.41. The fraction of sp³-hybridized carbons (Fsp3) is 0.667. The van der Waals surface area contributed by atoms with E-state index in [-0.39, 0.29) is 5.97 Å². The van der Waals surface area contributed by atoms with Gasteiger partial charge in [0.05, 0.1) is 5.41 Å². The molecule has 0 unspecified atom stereocenters. The van der Waals surface area contributed by atoms with Crippen molar-refractivity contribution in [3.63, 3.8) is 0 Å². The molecule has 0 aliphatic carbocycles. The first-order valence-corrected chi connectivity index (χ1v) is 10.1. The topological polar surface area (TPSA) is 51.2 Å². The molecule has 0 atom stereocenters. The predicted molar refractivity (Wildman–Crippen MR) is 99.3 cm³/mol. The number of carbonyl (C=O) groups is 1. The molecule has 0 aliphatic heterocycles. The van der Waals surface area contributed by atoms with Crippen LogP contribution in [0.2, 0.25) is 10.1 Å². The number of aromatic nitrogens is 1. The lowest BCUT2D eigenvalue weighted by Crippen LogP contribution is -2.58. The van der Waals surface area contributed by atoms with Crippen molar-refractivity contribution in [3.8, 4) is 0 Å². The van der Waals surface area contributed by atoms with Crippen molar-refractivity contribution < 1.29 is 13.7 Å². The minimum absolute atomic E-state index is 0.382. The Labute approximate surface area is 146 Å².